The number of aliphatic hydroxyl groups excluding tert-OH is 1. The average Bonchev–Trinajstić information content (AvgIpc) is 4.28. The number of carboxylic acids is 1. The second kappa shape index (κ2) is 25.6. The molecule has 1 saturated carbocycles. The van der Waals surface area contributed by atoms with E-state index in [9.17, 15) is 34.2 Å². The number of hydrogen-bond donors (Lipinski definition) is 4. The molecule has 0 bridgehead atoms. The van der Waals surface area contributed by atoms with Crippen LogP contribution < -0.4 is 16.1 Å². The second-order valence-corrected chi connectivity index (χ2v) is 24.0. The lowest BCUT2D eigenvalue weighted by atomic mass is 9.74. The zero-order valence-corrected chi connectivity index (χ0v) is 49.3. The number of fused-ring (bicyclic) bond motifs is 2. The fourth-order valence-electron chi connectivity index (χ4n) is 12.6. The lowest BCUT2D eigenvalue weighted by Gasteiger charge is -2.50. The van der Waals surface area contributed by atoms with Gasteiger partial charge in [-0.15, -0.1) is 0 Å². The van der Waals surface area contributed by atoms with Crippen LogP contribution in [0.3, 0.4) is 0 Å². The standard InChI is InChI=1S/C57H87ClN4O17/c1-15-42-57(10)49(78-54(69)79-57)31(4)44(63)29(2)26-55(8,70-13)48(77-53-46(65)41(61(11)12)23-30(3)73-53)32(5)47(33(6)52(68)75-42)76-43-27-56(9,71-14)50(34(7)74-43)72-22-16-19-59-20-21-60-39-24-36-40(25-38(39)58)62(35-17-18-35)28-37(45(36)64)51(66)67/h24-25,28-35,41-43,46-50,53,59-60,65H,15-23,26-27H2,1-14H3,(H,66,67)/t29-,30-,31-,32+,33+,34-,41+,42-,43+,46+,47+,48-,49+,50+,53+,55+,56-,57-/m0/s1. The van der Waals surface area contributed by atoms with E-state index in [1.165, 1.54) is 13.3 Å². The highest BCUT2D eigenvalue weighted by Crippen LogP contribution is 2.45. The van der Waals surface area contributed by atoms with Crippen LogP contribution in [0.1, 0.15) is 131 Å². The lowest BCUT2D eigenvalue weighted by molar-refractivity contribution is -0.322. The molecular formula is C57H87ClN4O17. The van der Waals surface area contributed by atoms with Crippen molar-refractivity contribution >= 4 is 52.1 Å². The normalized spacial score (nSPS) is 37.7. The molecule has 444 valence electrons. The molecule has 5 fully saturated rings. The summed E-state index contributed by atoms with van der Waals surface area (Å²) in [6, 6.07) is 3.17. The molecule has 4 N–H and O–H groups in total. The van der Waals surface area contributed by atoms with Crippen molar-refractivity contribution in [1.82, 2.24) is 14.8 Å². The molecule has 0 radical (unpaired) electrons. The van der Waals surface area contributed by atoms with Gasteiger partial charge in [0, 0.05) is 75.8 Å². The molecule has 79 heavy (non-hydrogen) atoms. The maximum atomic E-state index is 14.8. The number of carbonyl (C=O) groups excluding carboxylic acids is 3. The van der Waals surface area contributed by atoms with Gasteiger partial charge in [-0.1, -0.05) is 39.3 Å². The molecule has 4 saturated heterocycles. The molecule has 18 atom stereocenters. The first-order valence-corrected chi connectivity index (χ1v) is 28.5. The fraction of sp³-hybridized carbons (Fsp3) is 0.772. The summed E-state index contributed by atoms with van der Waals surface area (Å²) in [4.78, 5) is 69.3. The molecule has 0 spiro atoms. The summed E-state index contributed by atoms with van der Waals surface area (Å²) in [6.07, 6.45) is -4.72. The van der Waals surface area contributed by atoms with Crippen LogP contribution in [0, 0.1) is 23.7 Å². The van der Waals surface area contributed by atoms with Crippen LogP contribution in [0.4, 0.5) is 10.5 Å². The van der Waals surface area contributed by atoms with Gasteiger partial charge in [0.25, 0.3) is 0 Å². The van der Waals surface area contributed by atoms with Crippen molar-refractivity contribution in [1.29, 1.82) is 0 Å². The number of esters is 1. The van der Waals surface area contributed by atoms with Crippen LogP contribution in [0.15, 0.2) is 23.1 Å². The maximum absolute atomic E-state index is 14.8. The minimum atomic E-state index is -1.51. The molecule has 1 aliphatic carbocycles. The van der Waals surface area contributed by atoms with Gasteiger partial charge in [-0.2, -0.15) is 0 Å². The minimum Gasteiger partial charge on any atom is -0.477 e. The van der Waals surface area contributed by atoms with Crippen LogP contribution in [0.5, 0.6) is 0 Å². The third-order valence-corrected chi connectivity index (χ3v) is 17.7. The Kier molecular flexibility index (Phi) is 20.3. The number of ether oxygens (including phenoxy) is 10. The Hall–Kier alpha value is -4.00. The molecule has 0 unspecified atom stereocenters. The summed E-state index contributed by atoms with van der Waals surface area (Å²) >= 11 is 6.67. The molecule has 4 aliphatic heterocycles. The Bertz CT molecular complexity index is 2550. The Balaban J connectivity index is 1.06. The van der Waals surface area contributed by atoms with Crippen molar-refractivity contribution in [3.63, 3.8) is 0 Å². The van der Waals surface area contributed by atoms with E-state index in [2.05, 4.69) is 10.6 Å². The first kappa shape index (κ1) is 62.6. The largest absolute Gasteiger partial charge is 0.509 e. The molecule has 7 rings (SSSR count). The number of anilines is 1. The highest BCUT2D eigenvalue weighted by atomic mass is 35.5. The quantitative estimate of drug-likeness (QED) is 0.0840. The van der Waals surface area contributed by atoms with Gasteiger partial charge < -0.3 is 77.7 Å². The fourth-order valence-corrected chi connectivity index (χ4v) is 12.9. The van der Waals surface area contributed by atoms with E-state index < -0.39 is 119 Å². The van der Waals surface area contributed by atoms with E-state index >= 15 is 0 Å². The smallest absolute Gasteiger partial charge is 0.477 e. The molecule has 22 heteroatoms. The topological polar surface area (TPSA) is 250 Å². The number of pyridine rings is 1. The number of rotatable bonds is 19. The van der Waals surface area contributed by atoms with Crippen molar-refractivity contribution < 1.29 is 76.8 Å². The second-order valence-electron chi connectivity index (χ2n) is 23.6. The van der Waals surface area contributed by atoms with Gasteiger partial charge in [0.2, 0.25) is 5.43 Å². The van der Waals surface area contributed by atoms with Crippen LogP contribution in [-0.4, -0.2) is 182 Å². The third-order valence-electron chi connectivity index (χ3n) is 17.4. The van der Waals surface area contributed by atoms with E-state index in [0.29, 0.717) is 60.7 Å². The molecule has 21 nitrogen and oxygen atoms in total. The van der Waals surface area contributed by atoms with Crippen molar-refractivity contribution in [2.75, 3.05) is 59.9 Å². The lowest BCUT2D eigenvalue weighted by Crippen LogP contribution is -2.61. The average molecular weight is 1140 g/mol. The number of Topliss-reactive ketones (excluding diaryl/α,β-unsaturated/α-hetero) is 1. The number of ketones is 1. The Labute approximate surface area is 469 Å². The molecular weight excluding hydrogens is 1050 g/mol. The Morgan fingerprint density at radius 2 is 1.58 bits per heavy atom. The summed E-state index contributed by atoms with van der Waals surface area (Å²) in [5.74, 6) is -5.47. The number of nitrogens with one attached hydrogen (secondary N) is 2. The number of aromatic carboxylic acids is 1. The molecule has 0 amide bonds. The number of hydrogen-bond acceptors (Lipinski definition) is 19. The van der Waals surface area contributed by atoms with Crippen molar-refractivity contribution in [2.45, 2.75) is 204 Å². The molecule has 1 aromatic heterocycles. The predicted octanol–water partition coefficient (Wildman–Crippen LogP) is 6.74. The van der Waals surface area contributed by atoms with E-state index in [0.717, 1.165) is 12.8 Å². The van der Waals surface area contributed by atoms with E-state index in [1.807, 2.05) is 58.2 Å². The van der Waals surface area contributed by atoms with Gasteiger partial charge in [-0.3, -0.25) is 14.4 Å². The summed E-state index contributed by atoms with van der Waals surface area (Å²) < 4.78 is 65.9. The van der Waals surface area contributed by atoms with E-state index in [4.69, 9.17) is 59.0 Å². The number of benzene rings is 1. The van der Waals surface area contributed by atoms with Crippen molar-refractivity contribution in [2.24, 2.45) is 23.7 Å². The van der Waals surface area contributed by atoms with Crippen LogP contribution in [0.2, 0.25) is 5.02 Å². The highest BCUT2D eigenvalue weighted by Gasteiger charge is 2.60. The number of cyclic esters (lactones) is 1. The van der Waals surface area contributed by atoms with E-state index in [1.54, 1.807) is 53.9 Å². The molecule has 5 heterocycles. The summed E-state index contributed by atoms with van der Waals surface area (Å²) in [7, 11) is 6.90. The Morgan fingerprint density at radius 3 is 2.22 bits per heavy atom. The number of aromatic nitrogens is 1. The molecule has 2 aromatic rings. The number of carboxylic acid groups (broad SMARTS) is 1. The zero-order chi connectivity index (χ0) is 58.1. The van der Waals surface area contributed by atoms with Gasteiger partial charge in [0.1, 0.15) is 29.7 Å². The number of nitrogens with zero attached hydrogens (tertiary/aromatic N) is 2. The number of carbonyl (C=O) groups is 4. The van der Waals surface area contributed by atoms with Gasteiger partial charge in [-0.25, -0.2) is 9.59 Å². The van der Waals surface area contributed by atoms with Crippen molar-refractivity contribution in [3.05, 3.63) is 39.1 Å². The van der Waals surface area contributed by atoms with Crippen LogP contribution in [-0.2, 0) is 57.0 Å². The molecule has 5 aliphatic rings. The highest BCUT2D eigenvalue weighted by molar-refractivity contribution is 6.34. The monoisotopic (exact) mass is 1130 g/mol. The summed E-state index contributed by atoms with van der Waals surface area (Å²) in [5.41, 5.74) is -3.41. The SMILES string of the molecule is CC[C@@H]1OC(=O)[C@H](C)[C@H](O[C@@H]2C[C@](C)(OC)[C@H](OCCCNCCNc3cc4c(=O)c(C(=O)O)cn(C5CC5)c4cc3Cl)[C@H](C)O2)[C@@H](C)[C@H](O[C@H]2O[C@@H](C)C[C@@H](N(C)C)[C@H]2O)[C@](C)(OC)C[C@H](C)C(=O)[C@H](C)[C@H]2OC(=O)O[C@@]12C. The Morgan fingerprint density at radius 1 is 0.899 bits per heavy atom. The minimum absolute atomic E-state index is 0.116. The number of likely N-dealkylation sites (N-methyl/N-ethyl adjacent to an activating group) is 1. The number of aliphatic hydroxyl groups is 1. The van der Waals surface area contributed by atoms with Gasteiger partial charge >= 0.3 is 18.1 Å². The summed E-state index contributed by atoms with van der Waals surface area (Å²) in [5, 5.41) is 29.0. The zero-order valence-electron chi connectivity index (χ0n) is 48.5. The first-order valence-electron chi connectivity index (χ1n) is 28.1. The number of halogens is 1. The van der Waals surface area contributed by atoms with Crippen molar-refractivity contribution in [3.8, 4) is 0 Å². The summed E-state index contributed by atoms with van der Waals surface area (Å²) in [6.45, 7) is 20.0. The molecule has 1 aromatic carbocycles. The number of methoxy groups -OCH3 is 2. The van der Waals surface area contributed by atoms with Gasteiger partial charge in [0.15, 0.2) is 24.3 Å². The predicted molar refractivity (Wildman–Crippen MR) is 292 cm³/mol. The van der Waals surface area contributed by atoms with Gasteiger partial charge in [0.05, 0.1) is 63.7 Å². The third kappa shape index (κ3) is 13.4. The first-order chi connectivity index (χ1) is 37.2. The maximum Gasteiger partial charge on any atom is 0.509 e. The van der Waals surface area contributed by atoms with Crippen LogP contribution in [0.25, 0.3) is 10.9 Å². The van der Waals surface area contributed by atoms with E-state index in [-0.39, 0.29) is 48.8 Å². The van der Waals surface area contributed by atoms with Crippen LogP contribution >= 0.6 is 11.6 Å². The van der Waals surface area contributed by atoms with Gasteiger partial charge in [-0.05, 0) is 113 Å².